The lowest BCUT2D eigenvalue weighted by Gasteiger charge is -2.02. The number of halogens is 1. The van der Waals surface area contributed by atoms with Gasteiger partial charge in [-0.1, -0.05) is 18.2 Å². The fourth-order valence-corrected chi connectivity index (χ4v) is 1.77. The minimum atomic E-state index is 0.644. The van der Waals surface area contributed by atoms with E-state index < -0.39 is 0 Å². The van der Waals surface area contributed by atoms with E-state index in [1.165, 1.54) is 0 Å². The Labute approximate surface area is 89.7 Å². The molecule has 0 saturated carbocycles. The van der Waals surface area contributed by atoms with Crippen molar-refractivity contribution in [2.24, 2.45) is 0 Å². The molecule has 0 radical (unpaired) electrons. The molecule has 0 aliphatic rings. The Balaban J connectivity index is 2.44. The topological polar surface area (TPSA) is 49.9 Å². The first-order chi connectivity index (χ1) is 6.83. The van der Waals surface area contributed by atoms with Crippen LogP contribution in [0.3, 0.4) is 0 Å². The number of nitrogens with one attached hydrogen (secondary N) is 2. The van der Waals surface area contributed by atoms with E-state index in [1.807, 2.05) is 18.2 Å². The van der Waals surface area contributed by atoms with Crippen molar-refractivity contribution in [2.75, 3.05) is 7.11 Å². The van der Waals surface area contributed by atoms with Gasteiger partial charge in [-0.05, 0) is 21.5 Å². The third kappa shape index (κ3) is 1.66. The van der Waals surface area contributed by atoms with E-state index in [0.717, 1.165) is 21.1 Å². The summed E-state index contributed by atoms with van der Waals surface area (Å²) in [7, 11) is 1.60. The van der Waals surface area contributed by atoms with Crippen LogP contribution < -0.4 is 5.48 Å². The largest absolute Gasteiger partial charge is 0.305 e. The number of hydroxylamine groups is 1. The van der Waals surface area contributed by atoms with Gasteiger partial charge in [0.2, 0.25) is 0 Å². The van der Waals surface area contributed by atoms with Crippen molar-refractivity contribution in [3.8, 4) is 0 Å². The molecule has 0 fully saturated rings. The molecule has 0 atom stereocenters. The summed E-state index contributed by atoms with van der Waals surface area (Å²) in [4.78, 5) is 4.80. The molecule has 1 aromatic carbocycles. The van der Waals surface area contributed by atoms with Gasteiger partial charge in [-0.2, -0.15) is 10.6 Å². The molecule has 1 heterocycles. The Hall–Kier alpha value is -0.910. The second-order valence-electron chi connectivity index (χ2n) is 2.88. The Kier molecular flexibility index (Phi) is 2.81. The SMILES string of the molecule is CONCc1cccc2c(Br)[nH]nc12. The van der Waals surface area contributed by atoms with Crippen molar-refractivity contribution in [1.29, 1.82) is 0 Å². The number of fused-ring (bicyclic) bond motifs is 1. The standard InChI is InChI=1S/C9H10BrN3O/c1-14-11-5-6-3-2-4-7-8(6)12-13-9(7)10/h2-4,11H,5H2,1H3,(H,12,13). The smallest absolute Gasteiger partial charge is 0.108 e. The number of rotatable bonds is 3. The van der Waals surface area contributed by atoms with Crippen molar-refractivity contribution in [3.05, 3.63) is 28.4 Å². The monoisotopic (exact) mass is 255 g/mol. The van der Waals surface area contributed by atoms with Crippen LogP contribution in [-0.4, -0.2) is 17.3 Å². The summed E-state index contributed by atoms with van der Waals surface area (Å²) in [6.07, 6.45) is 0. The van der Waals surface area contributed by atoms with Crippen molar-refractivity contribution in [2.45, 2.75) is 6.54 Å². The van der Waals surface area contributed by atoms with Gasteiger partial charge in [-0.25, -0.2) is 0 Å². The third-order valence-electron chi connectivity index (χ3n) is 2.03. The average molecular weight is 256 g/mol. The Morgan fingerprint density at radius 1 is 1.57 bits per heavy atom. The highest BCUT2D eigenvalue weighted by molar-refractivity contribution is 9.10. The Morgan fingerprint density at radius 3 is 3.21 bits per heavy atom. The van der Waals surface area contributed by atoms with Gasteiger partial charge in [0.1, 0.15) is 4.60 Å². The van der Waals surface area contributed by atoms with Crippen molar-refractivity contribution < 1.29 is 4.84 Å². The number of hydrogen-bond donors (Lipinski definition) is 2. The Bertz CT molecular complexity index is 441. The van der Waals surface area contributed by atoms with Crippen molar-refractivity contribution in [1.82, 2.24) is 15.7 Å². The number of aromatic nitrogens is 2. The van der Waals surface area contributed by atoms with Crippen LogP contribution in [0.2, 0.25) is 0 Å². The number of aromatic amines is 1. The van der Waals surface area contributed by atoms with Gasteiger partial charge in [0, 0.05) is 11.9 Å². The van der Waals surface area contributed by atoms with E-state index in [-0.39, 0.29) is 0 Å². The maximum absolute atomic E-state index is 4.80. The fraction of sp³-hybridized carbons (Fsp3) is 0.222. The molecule has 0 unspecified atom stereocenters. The highest BCUT2D eigenvalue weighted by Gasteiger charge is 2.06. The number of benzene rings is 1. The number of H-pyrrole nitrogens is 1. The van der Waals surface area contributed by atoms with E-state index in [1.54, 1.807) is 7.11 Å². The zero-order chi connectivity index (χ0) is 9.97. The first-order valence-corrected chi connectivity index (χ1v) is 4.99. The molecular formula is C9H10BrN3O. The molecule has 0 amide bonds. The van der Waals surface area contributed by atoms with Crippen LogP contribution in [0.5, 0.6) is 0 Å². The third-order valence-corrected chi connectivity index (χ3v) is 2.63. The fourth-order valence-electron chi connectivity index (χ4n) is 1.36. The lowest BCUT2D eigenvalue weighted by Crippen LogP contribution is -2.10. The van der Waals surface area contributed by atoms with Crippen LogP contribution >= 0.6 is 15.9 Å². The first-order valence-electron chi connectivity index (χ1n) is 4.20. The zero-order valence-electron chi connectivity index (χ0n) is 7.67. The zero-order valence-corrected chi connectivity index (χ0v) is 9.26. The molecule has 1 aromatic heterocycles. The summed E-state index contributed by atoms with van der Waals surface area (Å²) in [5.41, 5.74) is 4.86. The van der Waals surface area contributed by atoms with Gasteiger partial charge in [0.25, 0.3) is 0 Å². The summed E-state index contributed by atoms with van der Waals surface area (Å²) in [5, 5.41) is 8.18. The molecule has 0 saturated heterocycles. The van der Waals surface area contributed by atoms with E-state index in [2.05, 4.69) is 31.6 Å². The minimum Gasteiger partial charge on any atom is -0.305 e. The number of nitrogens with zero attached hydrogens (tertiary/aromatic N) is 1. The predicted octanol–water partition coefficient (Wildman–Crippen LogP) is 1.98. The Morgan fingerprint density at radius 2 is 2.43 bits per heavy atom. The molecular weight excluding hydrogens is 246 g/mol. The van der Waals surface area contributed by atoms with Crippen LogP contribution in [0.25, 0.3) is 10.9 Å². The van der Waals surface area contributed by atoms with E-state index in [4.69, 9.17) is 4.84 Å². The van der Waals surface area contributed by atoms with E-state index in [9.17, 15) is 0 Å². The molecule has 2 aromatic rings. The van der Waals surface area contributed by atoms with Gasteiger partial charge in [-0.15, -0.1) is 0 Å². The molecule has 2 rings (SSSR count). The summed E-state index contributed by atoms with van der Waals surface area (Å²) >= 11 is 3.40. The molecule has 0 aliphatic carbocycles. The summed E-state index contributed by atoms with van der Waals surface area (Å²) in [6, 6.07) is 6.02. The van der Waals surface area contributed by atoms with Gasteiger partial charge >= 0.3 is 0 Å². The quantitative estimate of drug-likeness (QED) is 0.825. The van der Waals surface area contributed by atoms with E-state index in [0.29, 0.717) is 6.54 Å². The summed E-state index contributed by atoms with van der Waals surface area (Å²) in [5.74, 6) is 0. The predicted molar refractivity (Wildman–Crippen MR) is 57.6 cm³/mol. The van der Waals surface area contributed by atoms with Gasteiger partial charge in [0.15, 0.2) is 0 Å². The number of hydrogen-bond acceptors (Lipinski definition) is 3. The summed E-state index contributed by atoms with van der Waals surface area (Å²) < 4.78 is 0.909. The highest BCUT2D eigenvalue weighted by Crippen LogP contribution is 2.23. The minimum absolute atomic E-state index is 0.644. The lowest BCUT2D eigenvalue weighted by atomic mass is 10.1. The van der Waals surface area contributed by atoms with Gasteiger partial charge in [-0.3, -0.25) is 5.10 Å². The van der Waals surface area contributed by atoms with Crippen LogP contribution in [0.1, 0.15) is 5.56 Å². The molecule has 2 N–H and O–H groups in total. The van der Waals surface area contributed by atoms with Gasteiger partial charge in [0.05, 0.1) is 12.6 Å². The second-order valence-corrected chi connectivity index (χ2v) is 3.67. The highest BCUT2D eigenvalue weighted by atomic mass is 79.9. The molecule has 5 heteroatoms. The van der Waals surface area contributed by atoms with E-state index >= 15 is 0 Å². The average Bonchev–Trinajstić information content (AvgIpc) is 2.58. The van der Waals surface area contributed by atoms with Crippen LogP contribution in [0.4, 0.5) is 0 Å². The molecule has 14 heavy (non-hydrogen) atoms. The van der Waals surface area contributed by atoms with Crippen LogP contribution in [0.15, 0.2) is 22.8 Å². The van der Waals surface area contributed by atoms with Crippen molar-refractivity contribution in [3.63, 3.8) is 0 Å². The molecule has 0 spiro atoms. The van der Waals surface area contributed by atoms with Gasteiger partial charge < -0.3 is 4.84 Å². The molecule has 4 nitrogen and oxygen atoms in total. The lowest BCUT2D eigenvalue weighted by molar-refractivity contribution is 0.0870. The molecule has 0 bridgehead atoms. The van der Waals surface area contributed by atoms with Crippen LogP contribution in [0, 0.1) is 0 Å². The summed E-state index contributed by atoms with van der Waals surface area (Å²) in [6.45, 7) is 0.644. The van der Waals surface area contributed by atoms with Crippen LogP contribution in [-0.2, 0) is 11.4 Å². The second kappa shape index (κ2) is 4.08. The molecule has 74 valence electrons. The normalized spacial score (nSPS) is 11.0. The molecule has 0 aliphatic heterocycles. The maximum Gasteiger partial charge on any atom is 0.108 e. The van der Waals surface area contributed by atoms with Crippen molar-refractivity contribution >= 4 is 26.8 Å². The first kappa shape index (κ1) is 9.64. The maximum atomic E-state index is 4.80. The number of para-hydroxylation sites is 1.